The number of hydrogen-bond acceptors (Lipinski definition) is 4. The molecule has 3 aromatic carbocycles. The Morgan fingerprint density at radius 3 is 2.67 bits per heavy atom. The van der Waals surface area contributed by atoms with Crippen molar-refractivity contribution in [3.63, 3.8) is 0 Å². The lowest BCUT2D eigenvalue weighted by Gasteiger charge is -2.12. The highest BCUT2D eigenvalue weighted by atomic mass is 16.5. The minimum atomic E-state index is -0.394. The number of benzene rings is 3. The zero-order valence-corrected chi connectivity index (χ0v) is 13.1. The van der Waals surface area contributed by atoms with E-state index in [1.165, 1.54) is 7.11 Å². The van der Waals surface area contributed by atoms with Crippen LogP contribution in [0.25, 0.3) is 21.7 Å². The summed E-state index contributed by atoms with van der Waals surface area (Å²) in [6.45, 7) is 0. The lowest BCUT2D eigenvalue weighted by Crippen LogP contribution is -2.02. The van der Waals surface area contributed by atoms with Gasteiger partial charge in [-0.2, -0.15) is 0 Å². The third kappa shape index (κ3) is 2.38. The van der Waals surface area contributed by atoms with E-state index in [9.17, 15) is 4.79 Å². The summed E-state index contributed by atoms with van der Waals surface area (Å²) in [5, 5.41) is 6.60. The number of methoxy groups -OCH3 is 1. The van der Waals surface area contributed by atoms with Crippen molar-refractivity contribution in [3.8, 4) is 0 Å². The molecular formula is C20H15NO3. The Balaban J connectivity index is 1.86. The molecule has 1 heterocycles. The molecule has 0 aliphatic heterocycles. The summed E-state index contributed by atoms with van der Waals surface area (Å²) < 4.78 is 10.3. The molecule has 0 aliphatic carbocycles. The number of ether oxygens (including phenoxy) is 1. The topological polar surface area (TPSA) is 51.5 Å². The highest BCUT2D eigenvalue weighted by molar-refractivity contribution is 6.03. The Bertz CT molecular complexity index is 1040. The molecule has 4 nitrogen and oxygen atoms in total. The Morgan fingerprint density at radius 1 is 0.958 bits per heavy atom. The quantitative estimate of drug-likeness (QED) is 0.533. The first-order chi connectivity index (χ1) is 11.8. The van der Waals surface area contributed by atoms with E-state index in [0.717, 1.165) is 27.5 Å². The van der Waals surface area contributed by atoms with Crippen molar-refractivity contribution < 1.29 is 13.9 Å². The van der Waals surface area contributed by atoms with Gasteiger partial charge in [0.15, 0.2) is 0 Å². The molecule has 4 rings (SSSR count). The molecule has 118 valence electrons. The second-order valence-electron chi connectivity index (χ2n) is 5.50. The van der Waals surface area contributed by atoms with Crippen molar-refractivity contribution in [2.75, 3.05) is 12.4 Å². The van der Waals surface area contributed by atoms with Crippen molar-refractivity contribution >= 4 is 39.1 Å². The van der Waals surface area contributed by atoms with Gasteiger partial charge in [-0.3, -0.25) is 0 Å². The summed E-state index contributed by atoms with van der Waals surface area (Å²) >= 11 is 0. The molecule has 0 amide bonds. The number of hydrogen-bond donors (Lipinski definition) is 1. The minimum absolute atomic E-state index is 0.394. The molecule has 24 heavy (non-hydrogen) atoms. The molecular weight excluding hydrogens is 302 g/mol. The number of anilines is 2. The fourth-order valence-corrected chi connectivity index (χ4v) is 2.89. The van der Waals surface area contributed by atoms with Gasteiger partial charge in [-0.15, -0.1) is 0 Å². The molecule has 1 aromatic heterocycles. The van der Waals surface area contributed by atoms with Gasteiger partial charge in [0.2, 0.25) is 0 Å². The molecule has 0 unspecified atom stereocenters. The molecule has 4 heteroatoms. The highest BCUT2D eigenvalue weighted by Gasteiger charge is 2.13. The first kappa shape index (κ1) is 14.3. The monoisotopic (exact) mass is 317 g/mol. The van der Waals surface area contributed by atoms with Gasteiger partial charge in [0.1, 0.15) is 5.58 Å². The van der Waals surface area contributed by atoms with Crippen LogP contribution in [0.15, 0.2) is 71.3 Å². The van der Waals surface area contributed by atoms with Crippen LogP contribution in [0, 0.1) is 0 Å². The van der Waals surface area contributed by atoms with Gasteiger partial charge in [0, 0.05) is 16.5 Å². The summed E-state index contributed by atoms with van der Waals surface area (Å²) in [7, 11) is 1.37. The van der Waals surface area contributed by atoms with Crippen LogP contribution < -0.4 is 5.32 Å². The summed E-state index contributed by atoms with van der Waals surface area (Å²) in [6, 6.07) is 19.6. The third-order valence-electron chi connectivity index (χ3n) is 4.05. The SMILES string of the molecule is COC(=O)c1cc(Nc2cccc3ccccc23)c2ccoc2c1. The maximum absolute atomic E-state index is 11.9. The van der Waals surface area contributed by atoms with Crippen LogP contribution in [-0.4, -0.2) is 13.1 Å². The summed E-state index contributed by atoms with van der Waals surface area (Å²) in [4.78, 5) is 11.9. The summed E-state index contributed by atoms with van der Waals surface area (Å²) in [6.07, 6.45) is 1.61. The number of nitrogens with one attached hydrogen (secondary N) is 1. The van der Waals surface area contributed by atoms with Crippen molar-refractivity contribution in [3.05, 3.63) is 72.5 Å². The predicted octanol–water partition coefficient (Wildman–Crippen LogP) is 5.12. The van der Waals surface area contributed by atoms with Crippen molar-refractivity contribution in [2.24, 2.45) is 0 Å². The van der Waals surface area contributed by atoms with E-state index in [-0.39, 0.29) is 0 Å². The molecule has 1 N–H and O–H groups in total. The number of carbonyl (C=O) groups is 1. The Hall–Kier alpha value is -3.27. The second kappa shape index (κ2) is 5.74. The molecule has 0 atom stereocenters. The number of rotatable bonds is 3. The number of carbonyl (C=O) groups excluding carboxylic acids is 1. The second-order valence-corrected chi connectivity index (χ2v) is 5.50. The van der Waals surface area contributed by atoms with Crippen LogP contribution in [0.5, 0.6) is 0 Å². The van der Waals surface area contributed by atoms with Gasteiger partial charge in [-0.05, 0) is 29.7 Å². The summed E-state index contributed by atoms with van der Waals surface area (Å²) in [5.74, 6) is -0.394. The first-order valence-corrected chi connectivity index (χ1v) is 7.60. The van der Waals surface area contributed by atoms with E-state index in [2.05, 4.69) is 23.5 Å². The van der Waals surface area contributed by atoms with Crippen molar-refractivity contribution in [2.45, 2.75) is 0 Å². The number of furan rings is 1. The molecule has 0 bridgehead atoms. The predicted molar refractivity (Wildman–Crippen MR) is 94.8 cm³/mol. The van der Waals surface area contributed by atoms with Gasteiger partial charge in [0.05, 0.1) is 24.6 Å². The Morgan fingerprint density at radius 2 is 1.79 bits per heavy atom. The van der Waals surface area contributed by atoms with Crippen LogP contribution in [-0.2, 0) is 4.74 Å². The minimum Gasteiger partial charge on any atom is -0.465 e. The lowest BCUT2D eigenvalue weighted by atomic mass is 10.1. The molecule has 0 fully saturated rings. The van der Waals surface area contributed by atoms with E-state index >= 15 is 0 Å². The largest absolute Gasteiger partial charge is 0.465 e. The molecule has 0 saturated heterocycles. The molecule has 0 spiro atoms. The normalized spacial score (nSPS) is 10.9. The van der Waals surface area contributed by atoms with Crippen LogP contribution in [0.3, 0.4) is 0 Å². The number of fused-ring (bicyclic) bond motifs is 2. The lowest BCUT2D eigenvalue weighted by molar-refractivity contribution is 0.0601. The van der Waals surface area contributed by atoms with Gasteiger partial charge >= 0.3 is 5.97 Å². The van der Waals surface area contributed by atoms with Gasteiger partial charge < -0.3 is 14.5 Å². The van der Waals surface area contributed by atoms with Crippen molar-refractivity contribution in [1.29, 1.82) is 0 Å². The smallest absolute Gasteiger partial charge is 0.338 e. The first-order valence-electron chi connectivity index (χ1n) is 7.60. The number of esters is 1. The average molecular weight is 317 g/mol. The van der Waals surface area contributed by atoms with E-state index in [1.807, 2.05) is 30.3 Å². The van der Waals surface area contributed by atoms with Crippen molar-refractivity contribution in [1.82, 2.24) is 0 Å². The van der Waals surface area contributed by atoms with Gasteiger partial charge in [-0.1, -0.05) is 36.4 Å². The van der Waals surface area contributed by atoms with Crippen LogP contribution in [0.4, 0.5) is 11.4 Å². The Labute approximate surface area is 138 Å². The van der Waals surface area contributed by atoms with E-state index in [0.29, 0.717) is 11.1 Å². The standard InChI is InChI=1S/C20H15NO3/c1-23-20(22)14-11-18(16-9-10-24-19(16)12-14)21-17-8-4-6-13-5-2-3-7-15(13)17/h2-12,21H,1H3. The van der Waals surface area contributed by atoms with E-state index in [4.69, 9.17) is 9.15 Å². The zero-order valence-electron chi connectivity index (χ0n) is 13.1. The average Bonchev–Trinajstić information content (AvgIpc) is 3.10. The van der Waals surface area contributed by atoms with Gasteiger partial charge in [0.25, 0.3) is 0 Å². The summed E-state index contributed by atoms with van der Waals surface area (Å²) in [5.41, 5.74) is 2.86. The maximum Gasteiger partial charge on any atom is 0.338 e. The fraction of sp³-hybridized carbons (Fsp3) is 0.0500. The maximum atomic E-state index is 11.9. The van der Waals surface area contributed by atoms with Crippen LogP contribution >= 0.6 is 0 Å². The fourth-order valence-electron chi connectivity index (χ4n) is 2.89. The zero-order chi connectivity index (χ0) is 16.5. The molecule has 0 saturated carbocycles. The highest BCUT2D eigenvalue weighted by Crippen LogP contribution is 2.32. The van der Waals surface area contributed by atoms with E-state index in [1.54, 1.807) is 18.4 Å². The van der Waals surface area contributed by atoms with E-state index < -0.39 is 5.97 Å². The third-order valence-corrected chi connectivity index (χ3v) is 4.05. The molecule has 4 aromatic rings. The molecule has 0 radical (unpaired) electrons. The van der Waals surface area contributed by atoms with Crippen LogP contribution in [0.2, 0.25) is 0 Å². The Kier molecular flexibility index (Phi) is 3.43. The van der Waals surface area contributed by atoms with Gasteiger partial charge in [-0.25, -0.2) is 4.79 Å². The van der Waals surface area contributed by atoms with Crippen LogP contribution in [0.1, 0.15) is 10.4 Å². The molecule has 0 aliphatic rings.